The zero-order valence-corrected chi connectivity index (χ0v) is 45.9. The van der Waals surface area contributed by atoms with Gasteiger partial charge >= 0.3 is 71.1 Å². The minimum Gasteiger partial charge on any atom is -0.790 e. The zero-order chi connectivity index (χ0) is 44.8. The summed E-state index contributed by atoms with van der Waals surface area (Å²) in [6.07, 6.45) is 30.5. The van der Waals surface area contributed by atoms with E-state index in [1.165, 1.54) is 116 Å². The van der Waals surface area contributed by atoms with Crippen molar-refractivity contribution in [3.8, 4) is 0 Å². The molecule has 0 unspecified atom stereocenters. The molecule has 5 atom stereocenters. The van der Waals surface area contributed by atoms with Crippen molar-refractivity contribution in [3.63, 3.8) is 0 Å². The Hall–Kier alpha value is 0.440. The number of aliphatic hydroxyl groups excluding tert-OH is 1. The van der Waals surface area contributed by atoms with Crippen LogP contribution in [0.3, 0.4) is 0 Å². The van der Waals surface area contributed by atoms with Crippen molar-refractivity contribution in [2.24, 2.45) is 0 Å². The molecule has 0 saturated carbocycles. The molecule has 1 aliphatic heterocycles. The summed E-state index contributed by atoms with van der Waals surface area (Å²) in [6, 6.07) is -1.50. The molecular formula is C48H90NNa2O11P. The second-order valence-electron chi connectivity index (χ2n) is 17.6. The molecule has 1 aliphatic rings. The second kappa shape index (κ2) is 44.9. The van der Waals surface area contributed by atoms with Gasteiger partial charge in [0.2, 0.25) is 5.91 Å². The van der Waals surface area contributed by atoms with E-state index >= 15 is 0 Å². The van der Waals surface area contributed by atoms with E-state index in [0.29, 0.717) is 19.3 Å². The van der Waals surface area contributed by atoms with E-state index in [2.05, 4.69) is 26.1 Å². The fourth-order valence-electron chi connectivity index (χ4n) is 8.20. The number of ether oxygens (including phenoxy) is 3. The van der Waals surface area contributed by atoms with Crippen molar-refractivity contribution >= 4 is 25.7 Å². The standard InChI is InChI=1S/C48H92NO11P.2Na/c1-4-7-10-13-16-19-22-25-28-31-34-37-42(51)49-45-47(59-44(53)39-36-33-30-27-24-21-18-15-12-9-6-3)46(41(40-50)57-48(45)60-61(54,55)56)58-43(52)38-35-32-29-26-23-20-17-14-11-8-5-2;;/h41,45-48,50H,4-40H2,1-3H3,(H,49,51)(H2,54,55,56);;/q;2*+1/p-2/t41-,45-,46-,47-,48-;;/m1../s1. The third-order valence-corrected chi connectivity index (χ3v) is 12.4. The SMILES string of the molecule is CCCCCCCCCCCCCC(=O)N[C@H]1[C@@H](OP(=O)([O-])[O-])O[C@H](CO)[C@@H](OC(=O)CCCCCCCCCCCCC)[C@@H]1OC(=O)CCCCCCCCCCCCC.[Na+].[Na+]. The molecule has 0 radical (unpaired) electrons. The topological polar surface area (TPSA) is 184 Å². The monoisotopic (exact) mass is 934 g/mol. The number of nitrogens with one attached hydrogen (secondary N) is 1. The Morgan fingerprint density at radius 2 is 0.810 bits per heavy atom. The number of hydrogen-bond acceptors (Lipinski definition) is 11. The van der Waals surface area contributed by atoms with Crippen LogP contribution in [0.2, 0.25) is 0 Å². The van der Waals surface area contributed by atoms with Crippen LogP contribution in [-0.4, -0.2) is 60.2 Å². The zero-order valence-electron chi connectivity index (χ0n) is 41.0. The second-order valence-corrected chi connectivity index (χ2v) is 18.7. The average molecular weight is 934 g/mol. The van der Waals surface area contributed by atoms with Crippen LogP contribution in [0.5, 0.6) is 0 Å². The summed E-state index contributed by atoms with van der Waals surface area (Å²) in [5, 5.41) is 13.0. The van der Waals surface area contributed by atoms with E-state index in [-0.39, 0.29) is 78.4 Å². The molecule has 0 bridgehead atoms. The Morgan fingerprint density at radius 3 is 1.13 bits per heavy atom. The van der Waals surface area contributed by atoms with Crippen LogP contribution < -0.4 is 74.2 Å². The number of amides is 1. The number of carbonyl (C=O) groups is 3. The largest absolute Gasteiger partial charge is 1.00 e. The predicted octanol–water partition coefficient (Wildman–Crippen LogP) is 4.97. The number of esters is 2. The molecule has 1 rings (SSSR count). The molecule has 1 fully saturated rings. The molecule has 63 heavy (non-hydrogen) atoms. The summed E-state index contributed by atoms with van der Waals surface area (Å²) in [5.74, 6) is -1.72. The van der Waals surface area contributed by atoms with Gasteiger partial charge in [0, 0.05) is 19.3 Å². The molecule has 1 amide bonds. The van der Waals surface area contributed by atoms with Crippen molar-refractivity contribution in [3.05, 3.63) is 0 Å². The van der Waals surface area contributed by atoms with Gasteiger partial charge in [-0.25, -0.2) is 0 Å². The number of phosphoric acid groups is 1. The third kappa shape index (κ3) is 37.1. The Balaban J connectivity index is 0. The predicted molar refractivity (Wildman–Crippen MR) is 239 cm³/mol. The molecular weight excluding hydrogens is 843 g/mol. The molecule has 12 nitrogen and oxygen atoms in total. The minimum absolute atomic E-state index is 0. The number of phosphoric ester groups is 1. The van der Waals surface area contributed by atoms with E-state index in [1.807, 2.05) is 0 Å². The van der Waals surface area contributed by atoms with E-state index < -0.39 is 62.9 Å². The fourth-order valence-corrected chi connectivity index (χ4v) is 8.63. The summed E-state index contributed by atoms with van der Waals surface area (Å²) in [7, 11) is -5.69. The van der Waals surface area contributed by atoms with Crippen LogP contribution in [0, 0.1) is 0 Å². The van der Waals surface area contributed by atoms with E-state index in [0.717, 1.165) is 77.0 Å². The maximum atomic E-state index is 13.4. The van der Waals surface area contributed by atoms with Gasteiger partial charge in [0.25, 0.3) is 0 Å². The normalized spacial score (nSPS) is 18.6. The number of rotatable bonds is 42. The minimum atomic E-state index is -5.69. The molecule has 15 heteroatoms. The van der Waals surface area contributed by atoms with Gasteiger partial charge in [0.15, 0.2) is 18.5 Å². The molecule has 0 aromatic rings. The Labute approximate surface area is 428 Å². The molecule has 2 N–H and O–H groups in total. The summed E-state index contributed by atoms with van der Waals surface area (Å²) in [6.45, 7) is 5.88. The average Bonchev–Trinajstić information content (AvgIpc) is 3.22. The smallest absolute Gasteiger partial charge is 0.790 e. The van der Waals surface area contributed by atoms with Crippen LogP contribution >= 0.6 is 7.82 Å². The van der Waals surface area contributed by atoms with E-state index in [1.54, 1.807) is 0 Å². The van der Waals surface area contributed by atoms with Gasteiger partial charge in [-0.1, -0.05) is 213 Å². The number of unbranched alkanes of at least 4 members (excludes halogenated alkanes) is 30. The molecule has 1 saturated heterocycles. The van der Waals surface area contributed by atoms with Crippen molar-refractivity contribution in [1.82, 2.24) is 5.32 Å². The van der Waals surface area contributed by atoms with Crippen molar-refractivity contribution in [2.45, 2.75) is 283 Å². The van der Waals surface area contributed by atoms with Gasteiger partial charge in [-0.05, 0) is 19.3 Å². The first kappa shape index (κ1) is 65.5. The Morgan fingerprint density at radius 1 is 0.508 bits per heavy atom. The van der Waals surface area contributed by atoms with Gasteiger partial charge < -0.3 is 43.5 Å². The van der Waals surface area contributed by atoms with Crippen LogP contribution in [0.4, 0.5) is 0 Å². The first-order chi connectivity index (χ1) is 29.6. The molecule has 1 heterocycles. The van der Waals surface area contributed by atoms with Gasteiger partial charge in [-0.15, -0.1) is 0 Å². The van der Waals surface area contributed by atoms with Crippen LogP contribution in [-0.2, 0) is 37.7 Å². The van der Waals surface area contributed by atoms with Crippen molar-refractivity contribution in [2.75, 3.05) is 6.61 Å². The van der Waals surface area contributed by atoms with Crippen LogP contribution in [0.1, 0.15) is 252 Å². The molecule has 0 spiro atoms. The maximum Gasteiger partial charge on any atom is 1.00 e. The molecule has 0 aliphatic carbocycles. The number of hydrogen-bond donors (Lipinski definition) is 2. The van der Waals surface area contributed by atoms with Gasteiger partial charge in [-0.2, -0.15) is 0 Å². The first-order valence-electron chi connectivity index (χ1n) is 25.2. The maximum absolute atomic E-state index is 13.4. The quantitative estimate of drug-likeness (QED) is 0.0365. The van der Waals surface area contributed by atoms with Crippen LogP contribution in [0.15, 0.2) is 0 Å². The molecule has 0 aromatic carbocycles. The Kier molecular flexibility index (Phi) is 46.7. The van der Waals surface area contributed by atoms with Crippen LogP contribution in [0.25, 0.3) is 0 Å². The summed E-state index contributed by atoms with van der Waals surface area (Å²) in [5.41, 5.74) is 0. The summed E-state index contributed by atoms with van der Waals surface area (Å²) in [4.78, 5) is 63.8. The summed E-state index contributed by atoms with van der Waals surface area (Å²) < 4.78 is 34.2. The van der Waals surface area contributed by atoms with Crippen molar-refractivity contribution < 1.29 is 112 Å². The van der Waals surface area contributed by atoms with E-state index in [9.17, 15) is 33.8 Å². The van der Waals surface area contributed by atoms with Crippen molar-refractivity contribution in [1.29, 1.82) is 0 Å². The third-order valence-electron chi connectivity index (χ3n) is 11.9. The van der Waals surface area contributed by atoms with Gasteiger partial charge in [-0.3, -0.25) is 14.4 Å². The Bertz CT molecular complexity index is 1130. The van der Waals surface area contributed by atoms with Gasteiger partial charge in [0.05, 0.1) is 14.4 Å². The van der Waals surface area contributed by atoms with Gasteiger partial charge in [0.1, 0.15) is 12.1 Å². The van der Waals surface area contributed by atoms with E-state index in [4.69, 9.17) is 18.7 Å². The summed E-state index contributed by atoms with van der Waals surface area (Å²) >= 11 is 0. The number of aliphatic hydroxyl groups is 1. The first-order valence-corrected chi connectivity index (χ1v) is 26.7. The molecule has 360 valence electrons. The molecule has 0 aromatic heterocycles. The fraction of sp³-hybridized carbons (Fsp3) is 0.938. The number of carbonyl (C=O) groups excluding carboxylic acids is 3.